The molecule has 0 fully saturated rings. The Labute approximate surface area is 55.5 Å². The van der Waals surface area contributed by atoms with Gasteiger partial charge in [-0.1, -0.05) is 13.8 Å². The van der Waals surface area contributed by atoms with Gasteiger partial charge in [-0.25, -0.2) is 0 Å². The fourth-order valence-electron chi connectivity index (χ4n) is 0.424. The van der Waals surface area contributed by atoms with Crippen LogP contribution in [0, 0.1) is 5.41 Å². The number of aliphatic hydroxyl groups is 2. The van der Waals surface area contributed by atoms with Crippen molar-refractivity contribution in [3.05, 3.63) is 0 Å². The van der Waals surface area contributed by atoms with Gasteiger partial charge >= 0.3 is 0 Å². The first-order valence-electron chi connectivity index (χ1n) is 3.03. The number of hydrogen-bond donors (Lipinski definition) is 3. The minimum Gasteiger partial charge on any atom is -0.396 e. The molecule has 0 aliphatic rings. The first kappa shape index (κ1) is 8.88. The predicted molar refractivity (Wildman–Crippen MR) is 35.9 cm³/mol. The highest BCUT2D eigenvalue weighted by molar-refractivity contribution is 4.76. The largest absolute Gasteiger partial charge is 0.396 e. The van der Waals surface area contributed by atoms with Gasteiger partial charge in [-0.3, -0.25) is 0 Å². The molecule has 0 spiro atoms. The summed E-state index contributed by atoms with van der Waals surface area (Å²) in [6.07, 6.45) is -0.609. The predicted octanol–water partition coefficient (Wildman–Crippen LogP) is -0.676. The van der Waals surface area contributed by atoms with Gasteiger partial charge in [-0.15, -0.1) is 0 Å². The molecule has 0 aromatic heterocycles. The van der Waals surface area contributed by atoms with Crippen molar-refractivity contribution >= 4 is 0 Å². The lowest BCUT2D eigenvalue weighted by atomic mass is 9.88. The topological polar surface area (TPSA) is 66.5 Å². The van der Waals surface area contributed by atoms with Gasteiger partial charge in [0, 0.05) is 12.0 Å². The van der Waals surface area contributed by atoms with Crippen molar-refractivity contribution in [2.24, 2.45) is 11.1 Å². The Kier molecular flexibility index (Phi) is 3.11. The van der Waals surface area contributed by atoms with Crippen molar-refractivity contribution in [3.63, 3.8) is 0 Å². The molecule has 0 aromatic rings. The number of rotatable bonds is 3. The lowest BCUT2D eigenvalue weighted by molar-refractivity contribution is 0.0139. The van der Waals surface area contributed by atoms with E-state index in [0.29, 0.717) is 0 Å². The van der Waals surface area contributed by atoms with Gasteiger partial charge in [-0.05, 0) is 0 Å². The van der Waals surface area contributed by atoms with Crippen LogP contribution >= 0.6 is 0 Å². The van der Waals surface area contributed by atoms with Crippen LogP contribution < -0.4 is 5.73 Å². The molecule has 0 saturated carbocycles. The summed E-state index contributed by atoms with van der Waals surface area (Å²) < 4.78 is 0. The minimum atomic E-state index is -0.609. The fraction of sp³-hybridized carbons (Fsp3) is 1.00. The zero-order valence-corrected chi connectivity index (χ0v) is 5.96. The molecule has 3 heteroatoms. The molecule has 0 aromatic carbocycles. The lowest BCUT2D eigenvalue weighted by Gasteiger charge is -2.26. The molecule has 0 radical (unpaired) electrons. The molecule has 0 saturated heterocycles. The quantitative estimate of drug-likeness (QED) is 0.478. The van der Waals surface area contributed by atoms with Crippen LogP contribution in [0.2, 0.25) is 0 Å². The molecular formula is C6H15NO2. The van der Waals surface area contributed by atoms with Crippen LogP contribution in [0.1, 0.15) is 13.8 Å². The molecule has 3 nitrogen and oxygen atoms in total. The molecule has 1 unspecified atom stereocenters. The van der Waals surface area contributed by atoms with E-state index in [1.807, 2.05) is 0 Å². The average Bonchev–Trinajstić information content (AvgIpc) is 1.86. The van der Waals surface area contributed by atoms with Crippen LogP contribution in [-0.4, -0.2) is 29.5 Å². The maximum Gasteiger partial charge on any atom is 0.0735 e. The van der Waals surface area contributed by atoms with Crippen LogP contribution in [0.5, 0.6) is 0 Å². The van der Waals surface area contributed by atoms with Gasteiger partial charge in [0.15, 0.2) is 0 Å². The monoisotopic (exact) mass is 133 g/mol. The third kappa shape index (κ3) is 2.30. The summed E-state index contributed by atoms with van der Waals surface area (Å²) in [5, 5.41) is 17.8. The van der Waals surface area contributed by atoms with Gasteiger partial charge < -0.3 is 15.9 Å². The summed E-state index contributed by atoms with van der Waals surface area (Å²) in [5.41, 5.74) is 4.71. The second-order valence-corrected chi connectivity index (χ2v) is 2.90. The number of nitrogens with two attached hydrogens (primary N) is 1. The Bertz CT molecular complexity index is 83.1. The zero-order chi connectivity index (χ0) is 7.49. The van der Waals surface area contributed by atoms with E-state index >= 15 is 0 Å². The van der Waals surface area contributed by atoms with Crippen molar-refractivity contribution in [1.82, 2.24) is 0 Å². The normalized spacial score (nSPS) is 15.7. The van der Waals surface area contributed by atoms with Gasteiger partial charge in [0.05, 0.1) is 12.7 Å². The standard InChI is InChI=1S/C6H15NO2/c1-6(2,4-8)5(9)3-7/h5,8-9H,3-4,7H2,1-2H3. The van der Waals surface area contributed by atoms with E-state index in [-0.39, 0.29) is 13.2 Å². The van der Waals surface area contributed by atoms with Gasteiger partial charge in [0.1, 0.15) is 0 Å². The molecule has 0 aliphatic carbocycles. The molecule has 4 N–H and O–H groups in total. The Morgan fingerprint density at radius 1 is 1.56 bits per heavy atom. The van der Waals surface area contributed by atoms with Crippen molar-refractivity contribution in [1.29, 1.82) is 0 Å². The van der Waals surface area contributed by atoms with Crippen molar-refractivity contribution < 1.29 is 10.2 Å². The smallest absolute Gasteiger partial charge is 0.0735 e. The Balaban J connectivity index is 3.80. The number of aliphatic hydroxyl groups excluding tert-OH is 2. The Morgan fingerprint density at radius 2 is 2.00 bits per heavy atom. The zero-order valence-electron chi connectivity index (χ0n) is 5.96. The summed E-state index contributed by atoms with van der Waals surface area (Å²) in [7, 11) is 0. The fourth-order valence-corrected chi connectivity index (χ4v) is 0.424. The van der Waals surface area contributed by atoms with E-state index in [0.717, 1.165) is 0 Å². The molecule has 1 atom stereocenters. The van der Waals surface area contributed by atoms with Crippen LogP contribution in [-0.2, 0) is 0 Å². The van der Waals surface area contributed by atoms with Crippen LogP contribution in [0.4, 0.5) is 0 Å². The molecule has 0 heterocycles. The van der Waals surface area contributed by atoms with E-state index in [9.17, 15) is 0 Å². The van der Waals surface area contributed by atoms with E-state index in [1.54, 1.807) is 13.8 Å². The Hall–Kier alpha value is -0.120. The van der Waals surface area contributed by atoms with Crippen molar-refractivity contribution in [3.8, 4) is 0 Å². The molecular weight excluding hydrogens is 118 g/mol. The second kappa shape index (κ2) is 3.15. The first-order valence-corrected chi connectivity index (χ1v) is 3.03. The lowest BCUT2D eigenvalue weighted by Crippen LogP contribution is -2.38. The Morgan fingerprint density at radius 3 is 2.11 bits per heavy atom. The highest BCUT2D eigenvalue weighted by atomic mass is 16.3. The summed E-state index contributed by atoms with van der Waals surface area (Å²) in [6, 6.07) is 0. The third-order valence-corrected chi connectivity index (χ3v) is 1.53. The SMILES string of the molecule is CC(C)(CO)C(O)CN. The molecule has 0 bridgehead atoms. The van der Waals surface area contributed by atoms with Crippen molar-refractivity contribution in [2.45, 2.75) is 20.0 Å². The maximum atomic E-state index is 9.10. The van der Waals surface area contributed by atoms with E-state index in [2.05, 4.69) is 0 Å². The first-order chi connectivity index (χ1) is 4.04. The minimum absolute atomic E-state index is 0.0363. The summed E-state index contributed by atoms with van der Waals surface area (Å²) in [4.78, 5) is 0. The maximum absolute atomic E-state index is 9.10. The van der Waals surface area contributed by atoms with Crippen molar-refractivity contribution in [2.75, 3.05) is 13.2 Å². The molecule has 0 aliphatic heterocycles. The van der Waals surface area contributed by atoms with E-state index in [1.165, 1.54) is 0 Å². The highest BCUT2D eigenvalue weighted by Crippen LogP contribution is 2.17. The molecule has 0 rings (SSSR count). The molecule has 0 amide bonds. The van der Waals surface area contributed by atoms with Gasteiger partial charge in [0.2, 0.25) is 0 Å². The van der Waals surface area contributed by atoms with Gasteiger partial charge in [0.25, 0.3) is 0 Å². The van der Waals surface area contributed by atoms with Crippen LogP contribution in [0.15, 0.2) is 0 Å². The van der Waals surface area contributed by atoms with Gasteiger partial charge in [-0.2, -0.15) is 0 Å². The molecule has 56 valence electrons. The summed E-state index contributed by atoms with van der Waals surface area (Å²) >= 11 is 0. The van der Waals surface area contributed by atoms with Crippen LogP contribution in [0.3, 0.4) is 0 Å². The third-order valence-electron chi connectivity index (χ3n) is 1.53. The van der Waals surface area contributed by atoms with E-state index in [4.69, 9.17) is 15.9 Å². The number of hydrogen-bond acceptors (Lipinski definition) is 3. The highest BCUT2D eigenvalue weighted by Gasteiger charge is 2.25. The van der Waals surface area contributed by atoms with Crippen LogP contribution in [0.25, 0.3) is 0 Å². The molecule has 9 heavy (non-hydrogen) atoms. The van der Waals surface area contributed by atoms with E-state index < -0.39 is 11.5 Å². The second-order valence-electron chi connectivity index (χ2n) is 2.90. The summed E-state index contributed by atoms with van der Waals surface area (Å²) in [6.45, 7) is 3.70. The summed E-state index contributed by atoms with van der Waals surface area (Å²) in [5.74, 6) is 0. The average molecular weight is 133 g/mol.